The Morgan fingerprint density at radius 2 is 2.20 bits per heavy atom. The quantitative estimate of drug-likeness (QED) is 0.586. The van der Waals surface area contributed by atoms with Gasteiger partial charge in [0, 0.05) is 17.8 Å². The van der Waals surface area contributed by atoms with Gasteiger partial charge in [0.25, 0.3) is 0 Å². The summed E-state index contributed by atoms with van der Waals surface area (Å²) in [5.74, 6) is 0.617. The maximum Gasteiger partial charge on any atom is 0.0646 e. The van der Waals surface area contributed by atoms with Gasteiger partial charge in [-0.25, -0.2) is 0 Å². The normalized spacial score (nSPS) is 20.6. The minimum atomic E-state index is 0.178. The standard InChI is InChI=1S/C18H27NO/c1-6-10-20-11-9-19-17-12-14(2)7-8-16(17)15(3)13-18(19,4)5/h6-8,12,15H,1,9-11,13H2,2-5H3. The summed E-state index contributed by atoms with van der Waals surface area (Å²) in [5.41, 5.74) is 4.36. The number of ether oxygens (including phenoxy) is 1. The molecular formula is C18H27NO. The predicted octanol–water partition coefficient (Wildman–Crippen LogP) is 4.29. The molecule has 1 unspecified atom stereocenters. The molecule has 0 spiro atoms. The van der Waals surface area contributed by atoms with Crippen LogP contribution >= 0.6 is 0 Å². The topological polar surface area (TPSA) is 12.5 Å². The van der Waals surface area contributed by atoms with Crippen molar-refractivity contribution >= 4 is 5.69 Å². The van der Waals surface area contributed by atoms with Crippen LogP contribution in [0.25, 0.3) is 0 Å². The van der Waals surface area contributed by atoms with Gasteiger partial charge in [-0.1, -0.05) is 25.1 Å². The van der Waals surface area contributed by atoms with E-state index < -0.39 is 0 Å². The summed E-state index contributed by atoms with van der Waals surface area (Å²) in [4.78, 5) is 2.51. The van der Waals surface area contributed by atoms with Crippen molar-refractivity contribution in [2.75, 3.05) is 24.7 Å². The fraction of sp³-hybridized carbons (Fsp3) is 0.556. The smallest absolute Gasteiger partial charge is 0.0646 e. The highest BCUT2D eigenvalue weighted by Gasteiger charge is 2.35. The Balaban J connectivity index is 2.25. The highest BCUT2D eigenvalue weighted by molar-refractivity contribution is 5.60. The monoisotopic (exact) mass is 273 g/mol. The molecule has 2 heteroatoms. The van der Waals surface area contributed by atoms with Crippen LogP contribution in [0.1, 0.15) is 44.2 Å². The van der Waals surface area contributed by atoms with Crippen LogP contribution in [-0.4, -0.2) is 25.3 Å². The van der Waals surface area contributed by atoms with Crippen LogP contribution < -0.4 is 4.90 Å². The molecular weight excluding hydrogens is 246 g/mol. The summed E-state index contributed by atoms with van der Waals surface area (Å²) in [6.45, 7) is 15.2. The number of rotatable bonds is 5. The molecule has 0 saturated heterocycles. The zero-order valence-electron chi connectivity index (χ0n) is 13.3. The Bertz CT molecular complexity index is 478. The number of hydrogen-bond donors (Lipinski definition) is 0. The first-order valence-corrected chi connectivity index (χ1v) is 7.52. The van der Waals surface area contributed by atoms with Crippen molar-refractivity contribution in [3.63, 3.8) is 0 Å². The molecule has 1 aromatic carbocycles. The SMILES string of the molecule is C=CCOCCN1c2cc(C)ccc2C(C)CC1(C)C. The molecule has 1 heterocycles. The number of aryl methyl sites for hydroxylation is 1. The van der Waals surface area contributed by atoms with E-state index in [0.717, 1.165) is 13.2 Å². The number of fused-ring (bicyclic) bond motifs is 1. The minimum absolute atomic E-state index is 0.178. The van der Waals surface area contributed by atoms with Crippen molar-refractivity contribution in [3.8, 4) is 0 Å². The largest absolute Gasteiger partial charge is 0.376 e. The molecule has 0 aromatic heterocycles. The summed E-state index contributed by atoms with van der Waals surface area (Å²) in [7, 11) is 0. The van der Waals surface area contributed by atoms with Crippen molar-refractivity contribution in [1.29, 1.82) is 0 Å². The van der Waals surface area contributed by atoms with Crippen LogP contribution in [0.3, 0.4) is 0 Å². The summed E-state index contributed by atoms with van der Waals surface area (Å²) in [6, 6.07) is 6.84. The van der Waals surface area contributed by atoms with Gasteiger partial charge < -0.3 is 9.64 Å². The van der Waals surface area contributed by atoms with Gasteiger partial charge in [-0.2, -0.15) is 0 Å². The van der Waals surface area contributed by atoms with Crippen molar-refractivity contribution in [2.24, 2.45) is 0 Å². The maximum atomic E-state index is 5.59. The average Bonchev–Trinajstić information content (AvgIpc) is 2.36. The van der Waals surface area contributed by atoms with Gasteiger partial charge in [0.2, 0.25) is 0 Å². The van der Waals surface area contributed by atoms with E-state index in [-0.39, 0.29) is 5.54 Å². The Morgan fingerprint density at radius 3 is 2.90 bits per heavy atom. The van der Waals surface area contributed by atoms with Gasteiger partial charge in [0.05, 0.1) is 13.2 Å². The molecule has 0 amide bonds. The summed E-state index contributed by atoms with van der Waals surface area (Å²) < 4.78 is 5.59. The lowest BCUT2D eigenvalue weighted by atomic mass is 9.80. The Labute approximate surface area is 123 Å². The van der Waals surface area contributed by atoms with Gasteiger partial charge in [-0.05, 0) is 50.3 Å². The molecule has 0 radical (unpaired) electrons. The Hall–Kier alpha value is -1.28. The molecule has 110 valence electrons. The number of anilines is 1. The molecule has 2 rings (SSSR count). The predicted molar refractivity (Wildman–Crippen MR) is 86.7 cm³/mol. The lowest BCUT2D eigenvalue weighted by molar-refractivity contribution is 0.162. The molecule has 2 nitrogen and oxygen atoms in total. The first-order valence-electron chi connectivity index (χ1n) is 7.52. The molecule has 1 aromatic rings. The van der Waals surface area contributed by atoms with Crippen molar-refractivity contribution in [1.82, 2.24) is 0 Å². The molecule has 1 aliphatic heterocycles. The van der Waals surface area contributed by atoms with E-state index in [1.807, 2.05) is 6.08 Å². The Morgan fingerprint density at radius 1 is 1.45 bits per heavy atom. The zero-order chi connectivity index (χ0) is 14.8. The lowest BCUT2D eigenvalue weighted by Gasteiger charge is -2.47. The zero-order valence-corrected chi connectivity index (χ0v) is 13.3. The molecule has 1 aliphatic rings. The molecule has 20 heavy (non-hydrogen) atoms. The van der Waals surface area contributed by atoms with Gasteiger partial charge in [0.15, 0.2) is 0 Å². The third-order valence-corrected chi connectivity index (χ3v) is 4.24. The summed E-state index contributed by atoms with van der Waals surface area (Å²) >= 11 is 0. The minimum Gasteiger partial charge on any atom is -0.376 e. The average molecular weight is 273 g/mol. The fourth-order valence-electron chi connectivity index (χ4n) is 3.35. The number of benzene rings is 1. The summed E-state index contributed by atoms with van der Waals surface area (Å²) in [5, 5.41) is 0. The van der Waals surface area contributed by atoms with Gasteiger partial charge in [0.1, 0.15) is 0 Å². The van der Waals surface area contributed by atoms with Crippen LogP contribution in [0.2, 0.25) is 0 Å². The van der Waals surface area contributed by atoms with E-state index in [2.05, 4.69) is 57.4 Å². The highest BCUT2D eigenvalue weighted by atomic mass is 16.5. The van der Waals surface area contributed by atoms with Crippen molar-refractivity contribution < 1.29 is 4.74 Å². The molecule has 0 bridgehead atoms. The second-order valence-corrected chi connectivity index (χ2v) is 6.50. The van der Waals surface area contributed by atoms with Gasteiger partial charge >= 0.3 is 0 Å². The van der Waals surface area contributed by atoms with E-state index in [0.29, 0.717) is 12.5 Å². The van der Waals surface area contributed by atoms with Crippen LogP contribution in [-0.2, 0) is 4.74 Å². The van der Waals surface area contributed by atoms with Crippen molar-refractivity contribution in [2.45, 2.75) is 45.6 Å². The van der Waals surface area contributed by atoms with E-state index in [9.17, 15) is 0 Å². The molecule has 1 atom stereocenters. The first-order chi connectivity index (χ1) is 9.45. The first kappa shape index (κ1) is 15.1. The van der Waals surface area contributed by atoms with Gasteiger partial charge in [-0.15, -0.1) is 6.58 Å². The van der Waals surface area contributed by atoms with Crippen molar-refractivity contribution in [3.05, 3.63) is 42.0 Å². The molecule has 0 aliphatic carbocycles. The molecule has 0 N–H and O–H groups in total. The molecule has 0 fully saturated rings. The van der Waals surface area contributed by atoms with E-state index in [1.54, 1.807) is 0 Å². The lowest BCUT2D eigenvalue weighted by Crippen LogP contribution is -2.49. The van der Waals surface area contributed by atoms with E-state index in [1.165, 1.54) is 23.2 Å². The van der Waals surface area contributed by atoms with Crippen LogP contribution in [0.4, 0.5) is 5.69 Å². The second-order valence-electron chi connectivity index (χ2n) is 6.50. The third-order valence-electron chi connectivity index (χ3n) is 4.24. The third kappa shape index (κ3) is 3.06. The highest BCUT2D eigenvalue weighted by Crippen LogP contribution is 2.43. The van der Waals surface area contributed by atoms with E-state index in [4.69, 9.17) is 4.74 Å². The van der Waals surface area contributed by atoms with Crippen LogP contribution in [0.15, 0.2) is 30.9 Å². The number of hydrogen-bond acceptors (Lipinski definition) is 2. The fourth-order valence-corrected chi connectivity index (χ4v) is 3.35. The van der Waals surface area contributed by atoms with E-state index >= 15 is 0 Å². The maximum absolute atomic E-state index is 5.59. The number of nitrogens with zero attached hydrogens (tertiary/aromatic N) is 1. The van der Waals surface area contributed by atoms with Gasteiger partial charge in [-0.3, -0.25) is 0 Å². The van der Waals surface area contributed by atoms with Crippen LogP contribution in [0.5, 0.6) is 0 Å². The Kier molecular flexibility index (Phi) is 4.54. The van der Waals surface area contributed by atoms with Crippen LogP contribution in [0, 0.1) is 6.92 Å². The summed E-state index contributed by atoms with van der Waals surface area (Å²) in [6.07, 6.45) is 2.99. The molecule has 0 saturated carbocycles. The second kappa shape index (κ2) is 6.01.